The molecule has 7 nitrogen and oxygen atoms in total. The van der Waals surface area contributed by atoms with Gasteiger partial charge in [0, 0.05) is 5.92 Å². The molecule has 4 rings (SSSR count). The molecule has 2 aromatic carbocycles. The van der Waals surface area contributed by atoms with Crippen LogP contribution in [0.25, 0.3) is 11.1 Å². The number of nitrogens with one attached hydrogen (secondary N) is 1. The number of amides is 1. The van der Waals surface area contributed by atoms with Crippen LogP contribution in [0.3, 0.4) is 0 Å². The number of ether oxygens (including phenoxy) is 3. The summed E-state index contributed by atoms with van der Waals surface area (Å²) in [5.74, 6) is -1.69. The Kier molecular flexibility index (Phi) is 7.00. The van der Waals surface area contributed by atoms with Gasteiger partial charge in [-0.15, -0.1) is 0 Å². The van der Waals surface area contributed by atoms with Crippen LogP contribution >= 0.6 is 0 Å². The maximum atomic E-state index is 12.4. The van der Waals surface area contributed by atoms with Gasteiger partial charge in [-0.2, -0.15) is 0 Å². The van der Waals surface area contributed by atoms with Crippen LogP contribution < -0.4 is 5.32 Å². The third-order valence-corrected chi connectivity index (χ3v) is 6.27. The number of rotatable bonds is 9. The van der Waals surface area contributed by atoms with Crippen molar-refractivity contribution in [3.8, 4) is 11.1 Å². The Bertz CT molecular complexity index is 958. The van der Waals surface area contributed by atoms with Crippen molar-refractivity contribution in [3.05, 3.63) is 59.7 Å². The number of hydrogen-bond donors (Lipinski definition) is 2. The average Bonchev–Trinajstić information content (AvgIpc) is 3.31. The normalized spacial score (nSPS) is 19.5. The molecule has 1 aliphatic heterocycles. The van der Waals surface area contributed by atoms with Crippen LogP contribution in [-0.4, -0.2) is 48.3 Å². The molecule has 1 aliphatic carbocycles. The number of carboxylic acid groups (broad SMARTS) is 1. The van der Waals surface area contributed by atoms with E-state index in [-0.39, 0.29) is 18.6 Å². The quantitative estimate of drug-likeness (QED) is 0.535. The maximum Gasteiger partial charge on any atom is 0.407 e. The molecule has 2 atom stereocenters. The molecule has 2 aliphatic rings. The van der Waals surface area contributed by atoms with Crippen LogP contribution in [0, 0.1) is 0 Å². The second-order valence-electron chi connectivity index (χ2n) is 9.10. The highest BCUT2D eigenvalue weighted by Crippen LogP contribution is 2.44. The Hall–Kier alpha value is -2.90. The number of alkyl carbamates (subject to hydrolysis) is 1. The zero-order valence-electron chi connectivity index (χ0n) is 19.1. The molecule has 1 saturated heterocycles. The van der Waals surface area contributed by atoms with E-state index in [0.29, 0.717) is 19.4 Å². The number of unbranched alkanes of at least 4 members (excludes halogenated alkanes) is 1. The minimum Gasteiger partial charge on any atom is -0.480 e. The molecular formula is C26H31NO6. The summed E-state index contributed by atoms with van der Waals surface area (Å²) >= 11 is 0. The molecule has 0 spiro atoms. The van der Waals surface area contributed by atoms with E-state index in [2.05, 4.69) is 17.4 Å². The van der Waals surface area contributed by atoms with E-state index in [1.165, 1.54) is 0 Å². The summed E-state index contributed by atoms with van der Waals surface area (Å²) in [5.41, 5.74) is 4.52. The summed E-state index contributed by atoms with van der Waals surface area (Å²) in [6.45, 7) is 4.46. The van der Waals surface area contributed by atoms with E-state index < -0.39 is 23.9 Å². The van der Waals surface area contributed by atoms with E-state index in [1.54, 1.807) is 0 Å². The zero-order chi connectivity index (χ0) is 23.4. The van der Waals surface area contributed by atoms with Gasteiger partial charge in [-0.25, -0.2) is 9.59 Å². The van der Waals surface area contributed by atoms with Gasteiger partial charge < -0.3 is 24.6 Å². The fourth-order valence-corrected chi connectivity index (χ4v) is 4.67. The van der Waals surface area contributed by atoms with Gasteiger partial charge in [0.25, 0.3) is 0 Å². The third kappa shape index (κ3) is 5.54. The lowest BCUT2D eigenvalue weighted by Gasteiger charge is -2.18. The van der Waals surface area contributed by atoms with Gasteiger partial charge in [0.15, 0.2) is 5.79 Å². The third-order valence-electron chi connectivity index (χ3n) is 6.27. The first kappa shape index (κ1) is 23.3. The first-order valence-electron chi connectivity index (χ1n) is 11.5. The van der Waals surface area contributed by atoms with E-state index >= 15 is 0 Å². The van der Waals surface area contributed by atoms with Gasteiger partial charge >= 0.3 is 12.1 Å². The van der Waals surface area contributed by atoms with Crippen molar-refractivity contribution in [2.75, 3.05) is 13.2 Å². The summed E-state index contributed by atoms with van der Waals surface area (Å²) in [4.78, 5) is 24.1. The molecule has 176 valence electrons. The Morgan fingerprint density at radius 3 is 2.30 bits per heavy atom. The van der Waals surface area contributed by atoms with Crippen molar-refractivity contribution in [2.24, 2.45) is 0 Å². The molecule has 2 aromatic rings. The molecule has 2 N–H and O–H groups in total. The SMILES string of the molecule is CC1(C)OC[C@H](CCCC[C@H](NC(=O)OCC2c3ccccc3-c3ccccc32)C(=O)O)O1. The lowest BCUT2D eigenvalue weighted by atomic mass is 9.98. The lowest BCUT2D eigenvalue weighted by molar-refractivity contribution is -0.139. The molecule has 33 heavy (non-hydrogen) atoms. The van der Waals surface area contributed by atoms with Gasteiger partial charge in [0.2, 0.25) is 0 Å². The fourth-order valence-electron chi connectivity index (χ4n) is 4.67. The molecule has 7 heteroatoms. The summed E-state index contributed by atoms with van der Waals surface area (Å²) < 4.78 is 16.8. The summed E-state index contributed by atoms with van der Waals surface area (Å²) in [5, 5.41) is 12.0. The topological polar surface area (TPSA) is 94.1 Å². The second-order valence-corrected chi connectivity index (χ2v) is 9.10. The predicted octanol–water partition coefficient (Wildman–Crippen LogP) is 4.69. The molecule has 1 amide bonds. The highest BCUT2D eigenvalue weighted by atomic mass is 16.7. The predicted molar refractivity (Wildman–Crippen MR) is 123 cm³/mol. The van der Waals surface area contributed by atoms with Crippen LogP contribution in [0.1, 0.15) is 56.6 Å². The molecule has 0 aromatic heterocycles. The van der Waals surface area contributed by atoms with Crippen LogP contribution in [0.15, 0.2) is 48.5 Å². The Morgan fingerprint density at radius 1 is 1.09 bits per heavy atom. The van der Waals surface area contributed by atoms with Crippen molar-refractivity contribution >= 4 is 12.1 Å². The fraction of sp³-hybridized carbons (Fsp3) is 0.462. The minimum absolute atomic E-state index is 0.0263. The van der Waals surface area contributed by atoms with E-state index in [0.717, 1.165) is 35.1 Å². The Balaban J connectivity index is 1.26. The first-order chi connectivity index (χ1) is 15.8. The Morgan fingerprint density at radius 2 is 1.73 bits per heavy atom. The van der Waals surface area contributed by atoms with Gasteiger partial charge in [0.1, 0.15) is 12.6 Å². The van der Waals surface area contributed by atoms with Gasteiger partial charge in [-0.1, -0.05) is 61.4 Å². The largest absolute Gasteiger partial charge is 0.480 e. The molecular weight excluding hydrogens is 422 g/mol. The highest BCUT2D eigenvalue weighted by molar-refractivity contribution is 5.81. The van der Waals surface area contributed by atoms with Crippen LogP contribution in [-0.2, 0) is 19.0 Å². The van der Waals surface area contributed by atoms with Crippen molar-refractivity contribution in [1.82, 2.24) is 5.32 Å². The Labute approximate surface area is 194 Å². The average molecular weight is 454 g/mol. The van der Waals surface area contributed by atoms with E-state index in [4.69, 9.17) is 14.2 Å². The summed E-state index contributed by atoms with van der Waals surface area (Å²) in [7, 11) is 0. The first-order valence-corrected chi connectivity index (χ1v) is 11.5. The number of benzene rings is 2. The lowest BCUT2D eigenvalue weighted by Crippen LogP contribution is -2.41. The number of carbonyl (C=O) groups excluding carboxylic acids is 1. The van der Waals surface area contributed by atoms with Gasteiger partial charge in [-0.05, 0) is 48.9 Å². The second kappa shape index (κ2) is 9.93. The molecule has 1 fully saturated rings. The van der Waals surface area contributed by atoms with Gasteiger partial charge in [0.05, 0.1) is 12.7 Å². The monoisotopic (exact) mass is 453 g/mol. The standard InChI is InChI=1S/C26H31NO6/c1-26(2)32-15-17(33-26)9-3-8-14-23(24(28)29)27-25(30)31-16-22-20-12-6-4-10-18(20)19-11-5-7-13-21(19)22/h4-7,10-13,17,22-23H,3,8-9,14-16H2,1-2H3,(H,27,30)(H,28,29)/t17-,23-/m0/s1. The number of hydrogen-bond acceptors (Lipinski definition) is 5. The summed E-state index contributed by atoms with van der Waals surface area (Å²) in [6, 6.07) is 15.2. The molecule has 1 heterocycles. The maximum absolute atomic E-state index is 12.4. The molecule has 0 unspecified atom stereocenters. The molecule has 0 radical (unpaired) electrons. The van der Waals surface area contributed by atoms with Crippen LogP contribution in [0.2, 0.25) is 0 Å². The highest BCUT2D eigenvalue weighted by Gasteiger charge is 2.32. The van der Waals surface area contributed by atoms with E-state index in [1.807, 2.05) is 50.2 Å². The number of fused-ring (bicyclic) bond motifs is 3. The van der Waals surface area contributed by atoms with Crippen molar-refractivity contribution < 1.29 is 28.9 Å². The van der Waals surface area contributed by atoms with Crippen molar-refractivity contribution in [1.29, 1.82) is 0 Å². The minimum atomic E-state index is -1.06. The number of aliphatic carboxylic acids is 1. The number of carboxylic acids is 1. The van der Waals surface area contributed by atoms with Crippen molar-refractivity contribution in [3.63, 3.8) is 0 Å². The van der Waals surface area contributed by atoms with Crippen LogP contribution in [0.4, 0.5) is 4.79 Å². The smallest absolute Gasteiger partial charge is 0.407 e. The molecule has 0 saturated carbocycles. The zero-order valence-corrected chi connectivity index (χ0v) is 19.1. The number of carbonyl (C=O) groups is 2. The molecule has 0 bridgehead atoms. The van der Waals surface area contributed by atoms with Crippen molar-refractivity contribution in [2.45, 2.75) is 63.4 Å². The van der Waals surface area contributed by atoms with E-state index in [9.17, 15) is 14.7 Å². The van der Waals surface area contributed by atoms with Crippen LogP contribution in [0.5, 0.6) is 0 Å². The van der Waals surface area contributed by atoms with Gasteiger partial charge in [-0.3, -0.25) is 0 Å². The summed E-state index contributed by atoms with van der Waals surface area (Å²) in [6.07, 6.45) is 1.88.